The summed E-state index contributed by atoms with van der Waals surface area (Å²) < 4.78 is 36.2. The van der Waals surface area contributed by atoms with Crippen LogP contribution in [0.5, 0.6) is 28.7 Å². The number of carbonyl (C=O) groups is 6. The summed E-state index contributed by atoms with van der Waals surface area (Å²) in [4.78, 5) is 75.0. The molecule has 0 saturated heterocycles. The molecule has 0 saturated carbocycles. The number of hydrogen-bond donors (Lipinski definition) is 2. The minimum absolute atomic E-state index is 0.0196. The summed E-state index contributed by atoms with van der Waals surface area (Å²) in [6, 6.07) is 13.1. The molecule has 3 rings (SSSR count). The van der Waals surface area contributed by atoms with E-state index in [4.69, 9.17) is 33.2 Å². The third kappa shape index (κ3) is 9.68. The lowest BCUT2D eigenvalue weighted by molar-refractivity contribution is -0.157. The van der Waals surface area contributed by atoms with Crippen LogP contribution in [0.4, 0.5) is 5.69 Å². The molecule has 248 valence electrons. The number of methoxy groups -OCH3 is 2. The summed E-state index contributed by atoms with van der Waals surface area (Å²) in [5, 5.41) is 12.5. The molecule has 1 amide bonds. The molecule has 0 radical (unpaired) electrons. The first-order valence-corrected chi connectivity index (χ1v) is 13.8. The van der Waals surface area contributed by atoms with Gasteiger partial charge in [0.05, 0.1) is 32.0 Å². The van der Waals surface area contributed by atoms with E-state index in [1.54, 1.807) is 19.1 Å². The normalized spacial score (nSPS) is 11.6. The molecular weight excluding hydrogens is 622 g/mol. The number of nitrogens with one attached hydrogen (secondary N) is 1. The van der Waals surface area contributed by atoms with E-state index in [1.165, 1.54) is 50.6 Å². The number of hydrogen-bond acceptors (Lipinski definition) is 13. The van der Waals surface area contributed by atoms with Crippen molar-refractivity contribution in [3.05, 3.63) is 71.8 Å². The number of esters is 4. The van der Waals surface area contributed by atoms with Crippen molar-refractivity contribution >= 4 is 41.4 Å². The average Bonchev–Trinajstić information content (AvgIpc) is 3.03. The fourth-order valence-corrected chi connectivity index (χ4v) is 3.94. The SMILES string of the molecule is CCOc1ccc(NC(=O)[C@H](OC(=O)c2ccc(OC(C)=O)c(OC)c2)[C@H](OC(=O)c2ccc(OC(C)=O)c(OC)c2)C(=O)O)cc1. The molecule has 15 nitrogen and oxygen atoms in total. The maximum absolute atomic E-state index is 13.5. The van der Waals surface area contributed by atoms with Crippen LogP contribution in [0.15, 0.2) is 60.7 Å². The minimum Gasteiger partial charge on any atom is -0.494 e. The van der Waals surface area contributed by atoms with Crippen molar-refractivity contribution in [3.63, 3.8) is 0 Å². The predicted molar refractivity (Wildman–Crippen MR) is 161 cm³/mol. The number of ether oxygens (including phenoxy) is 7. The van der Waals surface area contributed by atoms with Crippen LogP contribution < -0.4 is 29.0 Å². The smallest absolute Gasteiger partial charge is 0.349 e. The zero-order valence-corrected chi connectivity index (χ0v) is 25.9. The Bertz CT molecular complexity index is 1650. The Balaban J connectivity index is 1.97. The summed E-state index contributed by atoms with van der Waals surface area (Å²) in [6.07, 6.45) is -4.60. The van der Waals surface area contributed by atoms with E-state index in [9.17, 15) is 33.9 Å². The molecular formula is C32H31NO14. The van der Waals surface area contributed by atoms with Crippen LogP contribution in [-0.4, -0.2) is 73.9 Å². The zero-order chi connectivity index (χ0) is 34.7. The highest BCUT2D eigenvalue weighted by molar-refractivity contribution is 6.01. The van der Waals surface area contributed by atoms with Gasteiger partial charge < -0.3 is 43.6 Å². The summed E-state index contributed by atoms with van der Waals surface area (Å²) in [7, 11) is 2.49. The van der Waals surface area contributed by atoms with Crippen LogP contribution in [0.2, 0.25) is 0 Å². The van der Waals surface area contributed by atoms with Crippen molar-refractivity contribution in [1.82, 2.24) is 0 Å². The van der Waals surface area contributed by atoms with E-state index in [0.29, 0.717) is 12.4 Å². The van der Waals surface area contributed by atoms with Crippen molar-refractivity contribution in [2.24, 2.45) is 0 Å². The molecule has 2 atom stereocenters. The zero-order valence-electron chi connectivity index (χ0n) is 25.9. The highest BCUT2D eigenvalue weighted by Crippen LogP contribution is 2.30. The highest BCUT2D eigenvalue weighted by Gasteiger charge is 2.41. The summed E-state index contributed by atoms with van der Waals surface area (Å²) in [5.74, 6) is -6.41. The topological polar surface area (TPSA) is 199 Å². The van der Waals surface area contributed by atoms with Crippen molar-refractivity contribution < 1.29 is 67.0 Å². The molecule has 0 heterocycles. The lowest BCUT2D eigenvalue weighted by atomic mass is 10.1. The molecule has 2 N–H and O–H groups in total. The Morgan fingerprint density at radius 1 is 0.681 bits per heavy atom. The molecule has 15 heteroatoms. The Hall–Kier alpha value is -6.12. The molecule has 0 bridgehead atoms. The molecule has 3 aromatic rings. The maximum atomic E-state index is 13.5. The first kappa shape index (κ1) is 35.4. The number of carboxylic acids is 1. The molecule has 0 spiro atoms. The van der Waals surface area contributed by atoms with Crippen LogP contribution in [0, 0.1) is 0 Å². The van der Waals surface area contributed by atoms with Gasteiger partial charge in [0.2, 0.25) is 12.2 Å². The quantitative estimate of drug-likeness (QED) is 0.189. The van der Waals surface area contributed by atoms with E-state index < -0.39 is 48.0 Å². The Morgan fingerprint density at radius 3 is 1.55 bits per heavy atom. The van der Waals surface area contributed by atoms with Gasteiger partial charge in [0.1, 0.15) is 5.75 Å². The van der Waals surface area contributed by atoms with E-state index in [0.717, 1.165) is 26.0 Å². The molecule has 3 aromatic carbocycles. The molecule has 47 heavy (non-hydrogen) atoms. The second-order valence-electron chi connectivity index (χ2n) is 9.36. The third-order valence-electron chi connectivity index (χ3n) is 5.98. The number of carbonyl (C=O) groups excluding carboxylic acids is 5. The Kier molecular flexibility index (Phi) is 12.2. The lowest BCUT2D eigenvalue weighted by Gasteiger charge is -2.24. The highest BCUT2D eigenvalue weighted by atomic mass is 16.6. The number of carboxylic acid groups (broad SMARTS) is 1. The van der Waals surface area contributed by atoms with E-state index in [1.807, 2.05) is 0 Å². The second-order valence-corrected chi connectivity index (χ2v) is 9.36. The van der Waals surface area contributed by atoms with Crippen molar-refractivity contribution in [3.8, 4) is 28.7 Å². The first-order valence-electron chi connectivity index (χ1n) is 13.8. The van der Waals surface area contributed by atoms with Gasteiger partial charge in [0.25, 0.3) is 5.91 Å². The number of aliphatic carboxylic acids is 1. The van der Waals surface area contributed by atoms with Gasteiger partial charge in [-0.05, 0) is 67.6 Å². The molecule has 0 aliphatic carbocycles. The number of benzene rings is 3. The molecule has 0 aliphatic rings. The minimum atomic E-state index is -2.37. The Morgan fingerprint density at radius 2 is 1.15 bits per heavy atom. The van der Waals surface area contributed by atoms with E-state index >= 15 is 0 Å². The number of anilines is 1. The molecule has 0 fully saturated rings. The van der Waals surface area contributed by atoms with E-state index in [2.05, 4.69) is 5.32 Å². The van der Waals surface area contributed by atoms with Crippen molar-refractivity contribution in [1.29, 1.82) is 0 Å². The van der Waals surface area contributed by atoms with Gasteiger partial charge in [0.15, 0.2) is 23.0 Å². The summed E-state index contributed by atoms with van der Waals surface area (Å²) in [6.45, 7) is 4.49. The van der Waals surface area contributed by atoms with Crippen LogP contribution >= 0.6 is 0 Å². The van der Waals surface area contributed by atoms with Gasteiger partial charge in [-0.3, -0.25) is 14.4 Å². The standard InChI is InChI=1S/C32H31NO14/c1-6-43-22-11-9-21(10-12-22)33-29(36)27(46-31(39)19-7-13-23(44-17(2)34)25(15-19)41-4)28(30(37)38)47-32(40)20-8-14-24(45-18(3)35)26(16-20)42-5/h7-16,27-28H,6H2,1-5H3,(H,33,36)(H,37,38)/t27-,28+/m1/s1. The van der Waals surface area contributed by atoms with Crippen molar-refractivity contribution in [2.75, 3.05) is 26.1 Å². The molecule has 0 unspecified atom stereocenters. The second kappa shape index (κ2) is 16.3. The summed E-state index contributed by atoms with van der Waals surface area (Å²) in [5.41, 5.74) is -0.294. The van der Waals surface area contributed by atoms with E-state index in [-0.39, 0.29) is 39.8 Å². The third-order valence-corrected chi connectivity index (χ3v) is 5.98. The fourth-order valence-electron chi connectivity index (χ4n) is 3.94. The largest absolute Gasteiger partial charge is 0.494 e. The van der Waals surface area contributed by atoms with Gasteiger partial charge in [-0.2, -0.15) is 0 Å². The molecule has 0 aliphatic heterocycles. The van der Waals surface area contributed by atoms with Gasteiger partial charge in [0, 0.05) is 19.5 Å². The van der Waals surface area contributed by atoms with Gasteiger partial charge in [-0.25, -0.2) is 14.4 Å². The van der Waals surface area contributed by atoms with Crippen molar-refractivity contribution in [2.45, 2.75) is 33.0 Å². The average molecular weight is 654 g/mol. The van der Waals surface area contributed by atoms with Crippen LogP contribution in [0.3, 0.4) is 0 Å². The van der Waals surface area contributed by atoms with Gasteiger partial charge in [-0.1, -0.05) is 0 Å². The predicted octanol–water partition coefficient (Wildman–Crippen LogP) is 3.43. The monoisotopic (exact) mass is 653 g/mol. The number of rotatable bonds is 14. The summed E-state index contributed by atoms with van der Waals surface area (Å²) >= 11 is 0. The fraction of sp³-hybridized carbons (Fsp3) is 0.250. The Labute approximate surface area is 268 Å². The lowest BCUT2D eigenvalue weighted by Crippen LogP contribution is -2.48. The molecule has 0 aromatic heterocycles. The number of amides is 1. The van der Waals surface area contributed by atoms with Gasteiger partial charge in [-0.15, -0.1) is 0 Å². The maximum Gasteiger partial charge on any atom is 0.349 e. The van der Waals surface area contributed by atoms with Crippen LogP contribution in [-0.2, 0) is 28.7 Å². The van der Waals surface area contributed by atoms with Crippen LogP contribution in [0.25, 0.3) is 0 Å². The van der Waals surface area contributed by atoms with Gasteiger partial charge >= 0.3 is 29.8 Å². The first-order chi connectivity index (χ1) is 22.4. The van der Waals surface area contributed by atoms with Crippen LogP contribution in [0.1, 0.15) is 41.5 Å².